The van der Waals surface area contributed by atoms with E-state index >= 15 is 0 Å². The van der Waals surface area contributed by atoms with Crippen molar-refractivity contribution in [1.29, 1.82) is 0 Å². The molecular weight excluding hydrogens is 279 g/mol. The molecule has 0 amide bonds. The third-order valence-corrected chi connectivity index (χ3v) is 3.15. The maximum atomic E-state index is 14.0. The highest BCUT2D eigenvalue weighted by Crippen LogP contribution is 2.26. The molecule has 0 aliphatic carbocycles. The van der Waals surface area contributed by atoms with Crippen LogP contribution >= 0.6 is 11.6 Å². The zero-order chi connectivity index (χ0) is 13.9. The zero-order valence-electron chi connectivity index (χ0n) is 10.4. The molecule has 0 spiro atoms. The molecule has 0 saturated carbocycles. The van der Waals surface area contributed by atoms with Crippen LogP contribution in [0.1, 0.15) is 5.56 Å². The van der Waals surface area contributed by atoms with E-state index < -0.39 is 5.82 Å². The Hall–Kier alpha value is -2.20. The fourth-order valence-corrected chi connectivity index (χ4v) is 2.06. The summed E-state index contributed by atoms with van der Waals surface area (Å²) in [6.45, 7) is 0. The van der Waals surface area contributed by atoms with E-state index in [1.165, 1.54) is 18.5 Å². The lowest BCUT2D eigenvalue weighted by atomic mass is 10.2. The van der Waals surface area contributed by atoms with Gasteiger partial charge in [-0.2, -0.15) is 0 Å². The van der Waals surface area contributed by atoms with Crippen LogP contribution in [0.2, 0.25) is 0 Å². The molecule has 0 unspecified atom stereocenters. The first-order chi connectivity index (χ1) is 9.78. The van der Waals surface area contributed by atoms with Crippen LogP contribution in [0.15, 0.2) is 48.8 Å². The normalized spacial score (nSPS) is 10.7. The van der Waals surface area contributed by atoms with E-state index in [1.807, 2.05) is 24.3 Å². The molecule has 3 nitrogen and oxygen atoms in total. The highest BCUT2D eigenvalue weighted by Gasteiger charge is 2.11. The average Bonchev–Trinajstić information content (AvgIpc) is 2.49. The summed E-state index contributed by atoms with van der Waals surface area (Å²) in [5.74, 6) is -0.140. The van der Waals surface area contributed by atoms with Gasteiger partial charge in [0.25, 0.3) is 5.88 Å². The molecule has 0 atom stereocenters. The number of alkyl halides is 1. The topological polar surface area (TPSA) is 35.0 Å². The van der Waals surface area contributed by atoms with E-state index in [0.29, 0.717) is 11.3 Å². The fraction of sp³-hybridized carbons (Fsp3) is 0.0667. The Morgan fingerprint density at radius 1 is 1.15 bits per heavy atom. The molecule has 0 bridgehead atoms. The van der Waals surface area contributed by atoms with Gasteiger partial charge in [-0.15, -0.1) is 11.6 Å². The molecule has 0 radical (unpaired) electrons. The van der Waals surface area contributed by atoms with Crippen molar-refractivity contribution in [2.75, 3.05) is 0 Å². The molecule has 5 heteroatoms. The second-order valence-corrected chi connectivity index (χ2v) is 4.46. The molecule has 3 rings (SSSR count). The zero-order valence-corrected chi connectivity index (χ0v) is 11.1. The minimum Gasteiger partial charge on any atom is -0.435 e. The van der Waals surface area contributed by atoms with Gasteiger partial charge in [-0.3, -0.25) is 4.98 Å². The molecule has 100 valence electrons. The van der Waals surface area contributed by atoms with Crippen molar-refractivity contribution in [3.8, 4) is 11.6 Å². The van der Waals surface area contributed by atoms with Crippen LogP contribution in [0.3, 0.4) is 0 Å². The first-order valence-electron chi connectivity index (χ1n) is 6.00. The van der Waals surface area contributed by atoms with Crippen LogP contribution in [-0.2, 0) is 5.88 Å². The summed E-state index contributed by atoms with van der Waals surface area (Å²) in [7, 11) is 0. The monoisotopic (exact) mass is 288 g/mol. The van der Waals surface area contributed by atoms with Gasteiger partial charge < -0.3 is 4.74 Å². The van der Waals surface area contributed by atoms with Crippen LogP contribution in [-0.4, -0.2) is 9.97 Å². The maximum absolute atomic E-state index is 14.0. The van der Waals surface area contributed by atoms with E-state index in [2.05, 4.69) is 9.97 Å². The van der Waals surface area contributed by atoms with Crippen molar-refractivity contribution in [3.63, 3.8) is 0 Å². The van der Waals surface area contributed by atoms with E-state index in [0.717, 1.165) is 10.9 Å². The minimum absolute atomic E-state index is 0.0701. The van der Waals surface area contributed by atoms with E-state index in [4.69, 9.17) is 16.3 Å². The SMILES string of the molecule is Fc1c(CCl)ccnc1Oc1cnc2ccccc2c1. The number of benzene rings is 1. The molecule has 0 aliphatic heterocycles. The van der Waals surface area contributed by atoms with Gasteiger partial charge in [0.1, 0.15) is 5.75 Å². The number of aromatic nitrogens is 2. The van der Waals surface area contributed by atoms with E-state index in [1.54, 1.807) is 6.07 Å². The number of pyridine rings is 2. The number of nitrogens with zero attached hydrogens (tertiary/aromatic N) is 2. The standard InChI is InChI=1S/C15H10ClFN2O/c16-8-11-5-6-18-15(14(11)17)20-12-7-10-3-1-2-4-13(10)19-9-12/h1-7,9H,8H2. The van der Waals surface area contributed by atoms with Crippen LogP contribution in [0.5, 0.6) is 11.6 Å². The molecule has 2 heterocycles. The van der Waals surface area contributed by atoms with Crippen molar-refractivity contribution < 1.29 is 9.13 Å². The second kappa shape index (κ2) is 5.43. The van der Waals surface area contributed by atoms with Crippen molar-refractivity contribution >= 4 is 22.5 Å². The lowest BCUT2D eigenvalue weighted by Crippen LogP contribution is -1.96. The summed E-state index contributed by atoms with van der Waals surface area (Å²) in [5.41, 5.74) is 1.20. The molecule has 0 saturated heterocycles. The number of para-hydroxylation sites is 1. The van der Waals surface area contributed by atoms with Crippen molar-refractivity contribution in [3.05, 3.63) is 60.2 Å². The largest absolute Gasteiger partial charge is 0.435 e. The number of fused-ring (bicyclic) bond motifs is 1. The predicted molar refractivity (Wildman–Crippen MR) is 75.6 cm³/mol. The Morgan fingerprint density at radius 3 is 2.85 bits per heavy atom. The molecule has 2 aromatic heterocycles. The van der Waals surface area contributed by atoms with E-state index in [9.17, 15) is 4.39 Å². The molecular formula is C15H10ClFN2O. The van der Waals surface area contributed by atoms with Gasteiger partial charge in [0.05, 0.1) is 17.6 Å². The van der Waals surface area contributed by atoms with Gasteiger partial charge in [-0.25, -0.2) is 9.37 Å². The van der Waals surface area contributed by atoms with Gasteiger partial charge in [0.15, 0.2) is 5.82 Å². The summed E-state index contributed by atoms with van der Waals surface area (Å²) in [5, 5.41) is 0.916. The third-order valence-electron chi connectivity index (χ3n) is 2.86. The Bertz CT molecular complexity index is 764. The first kappa shape index (κ1) is 12.8. The van der Waals surface area contributed by atoms with Crippen molar-refractivity contribution in [2.24, 2.45) is 0 Å². The summed E-state index contributed by atoms with van der Waals surface area (Å²) >= 11 is 5.65. The van der Waals surface area contributed by atoms with Gasteiger partial charge >= 0.3 is 0 Å². The van der Waals surface area contributed by atoms with Crippen LogP contribution < -0.4 is 4.74 Å². The second-order valence-electron chi connectivity index (χ2n) is 4.19. The molecule has 1 aromatic carbocycles. The number of ether oxygens (including phenoxy) is 1. The Balaban J connectivity index is 1.97. The van der Waals surface area contributed by atoms with Crippen molar-refractivity contribution in [1.82, 2.24) is 9.97 Å². The highest BCUT2D eigenvalue weighted by molar-refractivity contribution is 6.17. The Labute approximate surface area is 120 Å². The molecule has 20 heavy (non-hydrogen) atoms. The summed E-state index contributed by atoms with van der Waals surface area (Å²) < 4.78 is 19.4. The fourth-order valence-electron chi connectivity index (χ4n) is 1.85. The molecule has 0 aliphatic rings. The van der Waals surface area contributed by atoms with Gasteiger partial charge in [0, 0.05) is 17.1 Å². The van der Waals surface area contributed by atoms with E-state index in [-0.39, 0.29) is 11.8 Å². The number of hydrogen-bond acceptors (Lipinski definition) is 3. The number of halogens is 2. The van der Waals surface area contributed by atoms with Crippen LogP contribution in [0.4, 0.5) is 4.39 Å². The van der Waals surface area contributed by atoms with Crippen molar-refractivity contribution in [2.45, 2.75) is 5.88 Å². The lowest BCUT2D eigenvalue weighted by molar-refractivity contribution is 0.419. The first-order valence-corrected chi connectivity index (χ1v) is 6.53. The third kappa shape index (κ3) is 2.42. The van der Waals surface area contributed by atoms with Gasteiger partial charge in [-0.05, 0) is 18.2 Å². The Kier molecular flexibility index (Phi) is 3.48. The molecule has 0 N–H and O–H groups in total. The van der Waals surface area contributed by atoms with Gasteiger partial charge in [-0.1, -0.05) is 18.2 Å². The summed E-state index contributed by atoms with van der Waals surface area (Å²) in [6.07, 6.45) is 3.00. The minimum atomic E-state index is -0.546. The van der Waals surface area contributed by atoms with Crippen LogP contribution in [0, 0.1) is 5.82 Å². The molecule has 3 aromatic rings. The van der Waals surface area contributed by atoms with Crippen LogP contribution in [0.25, 0.3) is 10.9 Å². The highest BCUT2D eigenvalue weighted by atomic mass is 35.5. The predicted octanol–water partition coefficient (Wildman–Crippen LogP) is 4.30. The van der Waals surface area contributed by atoms with Gasteiger partial charge in [0.2, 0.25) is 0 Å². The number of hydrogen-bond donors (Lipinski definition) is 0. The summed E-state index contributed by atoms with van der Waals surface area (Å²) in [4.78, 5) is 8.13. The number of rotatable bonds is 3. The quantitative estimate of drug-likeness (QED) is 0.674. The Morgan fingerprint density at radius 2 is 2.00 bits per heavy atom. The average molecular weight is 289 g/mol. The lowest BCUT2D eigenvalue weighted by Gasteiger charge is -2.07. The maximum Gasteiger partial charge on any atom is 0.256 e. The molecule has 0 fully saturated rings. The smallest absolute Gasteiger partial charge is 0.256 e. The summed E-state index contributed by atoms with van der Waals surface area (Å²) in [6, 6.07) is 10.9.